The largest absolute Gasteiger partial charge is 0.467 e. The number of esters is 1. The van der Waals surface area contributed by atoms with Crippen LogP contribution in [0.1, 0.15) is 11.3 Å². The fourth-order valence-corrected chi connectivity index (χ4v) is 2.50. The highest BCUT2D eigenvalue weighted by molar-refractivity contribution is 5.89. The van der Waals surface area contributed by atoms with Gasteiger partial charge in [-0.25, -0.2) is 4.79 Å². The third kappa shape index (κ3) is 2.35. The first-order valence-corrected chi connectivity index (χ1v) is 6.85. The highest BCUT2D eigenvalue weighted by Crippen LogP contribution is 2.32. The molecule has 112 valence electrons. The average Bonchev–Trinajstić information content (AvgIpc) is 2.99. The van der Waals surface area contributed by atoms with Crippen molar-refractivity contribution < 1.29 is 19.2 Å². The van der Waals surface area contributed by atoms with Gasteiger partial charge in [-0.05, 0) is 17.7 Å². The summed E-state index contributed by atoms with van der Waals surface area (Å²) in [5.41, 5.74) is -0.433. The van der Waals surface area contributed by atoms with Gasteiger partial charge < -0.3 is 14.4 Å². The van der Waals surface area contributed by atoms with Crippen LogP contribution in [0.4, 0.5) is 0 Å². The van der Waals surface area contributed by atoms with Crippen molar-refractivity contribution in [2.24, 2.45) is 0 Å². The van der Waals surface area contributed by atoms with Crippen LogP contribution in [0.25, 0.3) is 11.0 Å². The highest BCUT2D eigenvalue weighted by atomic mass is 16.5. The van der Waals surface area contributed by atoms with Gasteiger partial charge >= 0.3 is 5.97 Å². The summed E-state index contributed by atoms with van der Waals surface area (Å²) in [6, 6.07) is 16.3. The molecule has 0 amide bonds. The molecule has 0 aliphatic carbocycles. The Balaban J connectivity index is 2.12. The fourth-order valence-electron chi connectivity index (χ4n) is 2.50. The van der Waals surface area contributed by atoms with Crippen LogP contribution in [0.3, 0.4) is 0 Å². The monoisotopic (exact) mass is 297 g/mol. The van der Waals surface area contributed by atoms with Crippen molar-refractivity contribution in [3.63, 3.8) is 0 Å². The molecule has 3 aromatic rings. The van der Waals surface area contributed by atoms with E-state index in [1.807, 2.05) is 30.3 Å². The molecule has 5 heteroatoms. The number of nitrogens with zero attached hydrogens (tertiary/aromatic N) is 1. The van der Waals surface area contributed by atoms with Crippen LogP contribution >= 0.6 is 0 Å². The lowest BCUT2D eigenvalue weighted by Crippen LogP contribution is -2.39. The molecule has 2 aromatic carbocycles. The second kappa shape index (κ2) is 5.61. The summed E-state index contributed by atoms with van der Waals surface area (Å²) in [5.74, 6) is -0.768. The molecule has 0 radical (unpaired) electrons. The number of ether oxygens (including phenoxy) is 1. The molecule has 5 nitrogen and oxygen atoms in total. The third-order valence-corrected chi connectivity index (χ3v) is 3.60. The lowest BCUT2D eigenvalue weighted by Gasteiger charge is -2.23. The molecule has 0 fully saturated rings. The van der Waals surface area contributed by atoms with E-state index < -0.39 is 11.6 Å². The van der Waals surface area contributed by atoms with Gasteiger partial charge in [0, 0.05) is 11.8 Å². The van der Waals surface area contributed by atoms with Gasteiger partial charge in [-0.15, -0.1) is 0 Å². The fraction of sp³-hybridized carbons (Fsp3) is 0.176. The molecular formula is C17H15NO4. The van der Waals surface area contributed by atoms with E-state index in [2.05, 4.69) is 5.16 Å². The summed E-state index contributed by atoms with van der Waals surface area (Å²) >= 11 is 0. The van der Waals surface area contributed by atoms with Gasteiger partial charge in [-0.3, -0.25) is 0 Å². The van der Waals surface area contributed by atoms with E-state index in [0.717, 1.165) is 5.56 Å². The number of carbonyl (C=O) groups excluding carboxylic acids is 1. The summed E-state index contributed by atoms with van der Waals surface area (Å²) < 4.78 is 10.00. The van der Waals surface area contributed by atoms with Gasteiger partial charge in [0.05, 0.1) is 7.11 Å². The highest BCUT2D eigenvalue weighted by Gasteiger charge is 2.43. The van der Waals surface area contributed by atoms with Crippen LogP contribution in [0.5, 0.6) is 0 Å². The molecule has 0 saturated carbocycles. The van der Waals surface area contributed by atoms with Crippen molar-refractivity contribution in [1.82, 2.24) is 5.16 Å². The second-order valence-electron chi connectivity index (χ2n) is 5.04. The zero-order valence-corrected chi connectivity index (χ0v) is 12.0. The maximum atomic E-state index is 12.2. The van der Waals surface area contributed by atoms with E-state index in [-0.39, 0.29) is 12.1 Å². The smallest absolute Gasteiger partial charge is 0.344 e. The average molecular weight is 297 g/mol. The van der Waals surface area contributed by atoms with Crippen LogP contribution in [0.15, 0.2) is 59.1 Å². The van der Waals surface area contributed by atoms with Crippen LogP contribution in [0.2, 0.25) is 0 Å². The Morgan fingerprint density at radius 2 is 1.86 bits per heavy atom. The third-order valence-electron chi connectivity index (χ3n) is 3.60. The van der Waals surface area contributed by atoms with Crippen molar-refractivity contribution >= 4 is 16.9 Å². The number of fused-ring (bicyclic) bond motifs is 1. The van der Waals surface area contributed by atoms with Crippen molar-refractivity contribution in [2.45, 2.75) is 12.0 Å². The molecule has 1 aromatic heterocycles. The topological polar surface area (TPSA) is 72.6 Å². The minimum atomic E-state index is -1.90. The van der Waals surface area contributed by atoms with E-state index in [0.29, 0.717) is 11.0 Å². The van der Waals surface area contributed by atoms with Gasteiger partial charge in [0.25, 0.3) is 0 Å². The Labute approximate surface area is 127 Å². The lowest BCUT2D eigenvalue weighted by molar-refractivity contribution is -0.164. The molecule has 0 bridgehead atoms. The SMILES string of the molecule is COC(=O)C(O)(Cc1ccccc1)c1noc2ccccc12. The van der Waals surface area contributed by atoms with E-state index in [1.165, 1.54) is 7.11 Å². The van der Waals surface area contributed by atoms with Gasteiger partial charge in [0.2, 0.25) is 5.60 Å². The number of hydrogen-bond acceptors (Lipinski definition) is 5. The Hall–Kier alpha value is -2.66. The van der Waals surface area contributed by atoms with Crippen molar-refractivity contribution in [2.75, 3.05) is 7.11 Å². The number of methoxy groups -OCH3 is 1. The van der Waals surface area contributed by atoms with E-state index in [9.17, 15) is 9.90 Å². The molecule has 0 aliphatic rings. The molecule has 3 rings (SSSR count). The summed E-state index contributed by atoms with van der Waals surface area (Å²) in [4.78, 5) is 12.2. The predicted molar refractivity (Wildman–Crippen MR) is 80.1 cm³/mol. The van der Waals surface area contributed by atoms with E-state index in [4.69, 9.17) is 9.26 Å². The number of benzene rings is 2. The first-order chi connectivity index (χ1) is 10.6. The molecule has 1 atom stereocenters. The zero-order chi connectivity index (χ0) is 15.6. The maximum Gasteiger partial charge on any atom is 0.344 e. The Bertz CT molecular complexity index is 797. The summed E-state index contributed by atoms with van der Waals surface area (Å²) in [5, 5.41) is 15.5. The molecule has 1 N–H and O–H groups in total. The van der Waals surface area contributed by atoms with Crippen LogP contribution in [0, 0.1) is 0 Å². The normalized spacial score (nSPS) is 13.7. The number of hydrogen-bond donors (Lipinski definition) is 1. The Morgan fingerprint density at radius 1 is 1.18 bits per heavy atom. The summed E-state index contributed by atoms with van der Waals surface area (Å²) in [6.07, 6.45) is 0.0526. The molecule has 22 heavy (non-hydrogen) atoms. The molecule has 1 unspecified atom stereocenters. The predicted octanol–water partition coefficient (Wildman–Crippen LogP) is 2.43. The van der Waals surface area contributed by atoms with Gasteiger partial charge in [-0.2, -0.15) is 0 Å². The molecule has 0 spiro atoms. The van der Waals surface area contributed by atoms with Gasteiger partial charge in [0.1, 0.15) is 5.69 Å². The van der Waals surface area contributed by atoms with Crippen LogP contribution in [-0.4, -0.2) is 23.3 Å². The minimum absolute atomic E-state index is 0.0526. The lowest BCUT2D eigenvalue weighted by atomic mass is 9.89. The summed E-state index contributed by atoms with van der Waals surface area (Å²) in [6.45, 7) is 0. The van der Waals surface area contributed by atoms with Crippen molar-refractivity contribution in [3.8, 4) is 0 Å². The number of carbonyl (C=O) groups is 1. The maximum absolute atomic E-state index is 12.2. The Morgan fingerprint density at radius 3 is 2.59 bits per heavy atom. The second-order valence-corrected chi connectivity index (χ2v) is 5.04. The summed E-state index contributed by atoms with van der Waals surface area (Å²) in [7, 11) is 1.24. The van der Waals surface area contributed by atoms with Crippen LogP contribution < -0.4 is 0 Å². The number of para-hydroxylation sites is 1. The molecular weight excluding hydrogens is 282 g/mol. The van der Waals surface area contributed by atoms with Crippen molar-refractivity contribution in [1.29, 1.82) is 0 Å². The standard InChI is InChI=1S/C17H15NO4/c1-21-16(19)17(20,11-12-7-3-2-4-8-12)15-13-9-5-6-10-14(13)22-18-15/h2-10,20H,11H2,1H3. The van der Waals surface area contributed by atoms with E-state index >= 15 is 0 Å². The van der Waals surface area contributed by atoms with Crippen LogP contribution in [-0.2, 0) is 21.6 Å². The number of aliphatic hydroxyl groups is 1. The minimum Gasteiger partial charge on any atom is -0.467 e. The molecule has 0 saturated heterocycles. The van der Waals surface area contributed by atoms with E-state index in [1.54, 1.807) is 24.3 Å². The first kappa shape index (κ1) is 14.3. The number of aromatic nitrogens is 1. The van der Waals surface area contributed by atoms with Gasteiger partial charge in [-0.1, -0.05) is 47.6 Å². The zero-order valence-electron chi connectivity index (χ0n) is 12.0. The first-order valence-electron chi connectivity index (χ1n) is 6.85. The number of rotatable bonds is 4. The molecule has 1 heterocycles. The van der Waals surface area contributed by atoms with Crippen molar-refractivity contribution in [3.05, 3.63) is 65.9 Å². The Kier molecular flexibility index (Phi) is 3.65. The quantitative estimate of drug-likeness (QED) is 0.749. The molecule has 0 aliphatic heterocycles. The van der Waals surface area contributed by atoms with Gasteiger partial charge in [0.15, 0.2) is 5.58 Å².